The van der Waals surface area contributed by atoms with Gasteiger partial charge < -0.3 is 9.47 Å². The average Bonchev–Trinajstić information content (AvgIpc) is 3.14. The molecular weight excluding hydrogens is 364 g/mol. The second kappa shape index (κ2) is 8.11. The smallest absolute Gasteiger partial charge is 0.332 e. The number of hydrogen-bond acceptors (Lipinski definition) is 5. The van der Waals surface area contributed by atoms with Crippen LogP contribution < -0.4 is 4.74 Å². The van der Waals surface area contributed by atoms with Gasteiger partial charge in [-0.3, -0.25) is 5.01 Å². The number of hydrazone groups is 1. The highest BCUT2D eigenvalue weighted by Gasteiger charge is 2.42. The van der Waals surface area contributed by atoms with Crippen LogP contribution in [0.25, 0.3) is 0 Å². The van der Waals surface area contributed by atoms with Crippen molar-refractivity contribution < 1.29 is 14.3 Å². The minimum Gasteiger partial charge on any atom is -0.497 e. The Bertz CT molecular complexity index is 965. The average molecular weight is 390 g/mol. The van der Waals surface area contributed by atoms with Crippen molar-refractivity contribution in [1.29, 1.82) is 0 Å². The van der Waals surface area contributed by atoms with Crippen molar-refractivity contribution in [3.63, 3.8) is 0 Å². The summed E-state index contributed by atoms with van der Waals surface area (Å²) in [5.41, 5.74) is 5.51. The molecule has 1 heterocycles. The monoisotopic (exact) mass is 390 g/mol. The standard InChI is InChI=1S/C24H26N2O3/c1-4-29-22(27)14-16(2)26-24(17-8-6-5-7-9-17)21-12-10-18-15-19(28-3)11-13-20(18)23(21)25-26/h5-9,11,13-15,21,24H,4,10,12H2,1-3H3/b16-14+/t21-,24-/m1/s1. The Morgan fingerprint density at radius 2 is 2.03 bits per heavy atom. The number of carbonyl (C=O) groups is 1. The molecular formula is C24H26N2O3. The first-order chi connectivity index (χ1) is 14.1. The molecule has 0 saturated carbocycles. The van der Waals surface area contributed by atoms with Crippen molar-refractivity contribution in [2.45, 2.75) is 32.7 Å². The number of carbonyl (C=O) groups excluding carboxylic acids is 1. The van der Waals surface area contributed by atoms with Gasteiger partial charge in [-0.2, -0.15) is 5.10 Å². The predicted molar refractivity (Wildman–Crippen MR) is 113 cm³/mol. The Labute approximate surface area is 171 Å². The Morgan fingerprint density at radius 1 is 1.24 bits per heavy atom. The van der Waals surface area contributed by atoms with E-state index in [9.17, 15) is 4.79 Å². The van der Waals surface area contributed by atoms with Crippen LogP contribution in [0.2, 0.25) is 0 Å². The summed E-state index contributed by atoms with van der Waals surface area (Å²) in [6.07, 6.45) is 3.52. The summed E-state index contributed by atoms with van der Waals surface area (Å²) >= 11 is 0. The van der Waals surface area contributed by atoms with Gasteiger partial charge in [0.2, 0.25) is 0 Å². The first-order valence-electron chi connectivity index (χ1n) is 10.1. The van der Waals surface area contributed by atoms with Crippen LogP contribution in [0.3, 0.4) is 0 Å². The van der Waals surface area contributed by atoms with E-state index in [-0.39, 0.29) is 17.9 Å². The van der Waals surface area contributed by atoms with Gasteiger partial charge in [-0.25, -0.2) is 4.79 Å². The van der Waals surface area contributed by atoms with Gasteiger partial charge in [0.15, 0.2) is 0 Å². The summed E-state index contributed by atoms with van der Waals surface area (Å²) in [6.45, 7) is 4.09. The number of benzene rings is 2. The van der Waals surface area contributed by atoms with E-state index in [0.717, 1.165) is 30.0 Å². The SMILES string of the molecule is CCOC(=O)/C=C(\C)N1N=C2c3ccc(OC)cc3CC[C@H]2[C@H]1c1ccccc1. The maximum atomic E-state index is 12.0. The van der Waals surface area contributed by atoms with Gasteiger partial charge in [0, 0.05) is 23.3 Å². The number of aryl methyl sites for hydroxylation is 1. The van der Waals surface area contributed by atoms with Crippen LogP contribution in [0.1, 0.15) is 43.0 Å². The molecule has 0 amide bonds. The molecule has 2 atom stereocenters. The zero-order valence-electron chi connectivity index (χ0n) is 17.1. The second-order valence-corrected chi connectivity index (χ2v) is 7.39. The Kier molecular flexibility index (Phi) is 5.38. The summed E-state index contributed by atoms with van der Waals surface area (Å²) in [5, 5.41) is 7.00. The van der Waals surface area contributed by atoms with Crippen LogP contribution in [0, 0.1) is 5.92 Å². The van der Waals surface area contributed by atoms with Crippen molar-refractivity contribution in [1.82, 2.24) is 5.01 Å². The Balaban J connectivity index is 1.77. The highest BCUT2D eigenvalue weighted by molar-refractivity contribution is 6.06. The second-order valence-electron chi connectivity index (χ2n) is 7.39. The largest absolute Gasteiger partial charge is 0.497 e. The number of fused-ring (bicyclic) bond motifs is 3. The molecule has 0 N–H and O–H groups in total. The van der Waals surface area contributed by atoms with E-state index in [2.05, 4.69) is 36.4 Å². The van der Waals surface area contributed by atoms with E-state index in [0.29, 0.717) is 6.61 Å². The molecule has 1 aliphatic carbocycles. The van der Waals surface area contributed by atoms with Gasteiger partial charge in [0.25, 0.3) is 0 Å². The normalized spacial score (nSPS) is 20.6. The molecule has 0 spiro atoms. The lowest BCUT2D eigenvalue weighted by atomic mass is 9.77. The fourth-order valence-corrected chi connectivity index (χ4v) is 4.33. The lowest BCUT2D eigenvalue weighted by molar-refractivity contribution is -0.137. The molecule has 29 heavy (non-hydrogen) atoms. The molecule has 0 bridgehead atoms. The van der Waals surface area contributed by atoms with Crippen LogP contribution >= 0.6 is 0 Å². The zero-order valence-corrected chi connectivity index (χ0v) is 17.1. The Morgan fingerprint density at radius 3 is 2.76 bits per heavy atom. The first-order valence-corrected chi connectivity index (χ1v) is 10.1. The molecule has 2 aromatic rings. The molecule has 0 aromatic heterocycles. The van der Waals surface area contributed by atoms with E-state index in [1.54, 1.807) is 7.11 Å². The van der Waals surface area contributed by atoms with Gasteiger partial charge in [0.05, 0.1) is 25.5 Å². The lowest BCUT2D eigenvalue weighted by Crippen LogP contribution is -2.28. The fraction of sp³-hybridized carbons (Fsp3) is 0.333. The predicted octanol–water partition coefficient (Wildman–Crippen LogP) is 4.49. The molecule has 2 aromatic carbocycles. The molecule has 4 rings (SSSR count). The summed E-state index contributed by atoms with van der Waals surface area (Å²) < 4.78 is 10.5. The minimum absolute atomic E-state index is 0.0622. The summed E-state index contributed by atoms with van der Waals surface area (Å²) in [7, 11) is 1.69. The quantitative estimate of drug-likeness (QED) is 0.558. The number of ether oxygens (including phenoxy) is 2. The maximum Gasteiger partial charge on any atom is 0.332 e. The number of rotatable bonds is 5. The summed E-state index contributed by atoms with van der Waals surface area (Å²) in [5.74, 6) is 0.802. The zero-order chi connectivity index (χ0) is 20.4. The van der Waals surface area contributed by atoms with Gasteiger partial charge in [-0.1, -0.05) is 30.3 Å². The summed E-state index contributed by atoms with van der Waals surface area (Å²) in [6, 6.07) is 16.7. The van der Waals surface area contributed by atoms with E-state index in [1.807, 2.05) is 31.0 Å². The van der Waals surface area contributed by atoms with Crippen molar-refractivity contribution >= 4 is 11.7 Å². The van der Waals surface area contributed by atoms with E-state index in [1.165, 1.54) is 22.8 Å². The van der Waals surface area contributed by atoms with Crippen LogP contribution in [0.4, 0.5) is 0 Å². The molecule has 150 valence electrons. The van der Waals surface area contributed by atoms with Gasteiger partial charge in [-0.05, 0) is 56.0 Å². The molecule has 0 saturated heterocycles. The third kappa shape index (κ3) is 3.65. The van der Waals surface area contributed by atoms with Crippen LogP contribution in [0.5, 0.6) is 5.75 Å². The van der Waals surface area contributed by atoms with Crippen LogP contribution in [-0.4, -0.2) is 30.4 Å². The topological polar surface area (TPSA) is 51.1 Å². The number of hydrogen-bond donors (Lipinski definition) is 0. The summed E-state index contributed by atoms with van der Waals surface area (Å²) in [4.78, 5) is 12.0. The number of allylic oxidation sites excluding steroid dienone is 1. The highest BCUT2D eigenvalue weighted by atomic mass is 16.5. The minimum atomic E-state index is -0.336. The van der Waals surface area contributed by atoms with Crippen LogP contribution in [-0.2, 0) is 16.0 Å². The maximum absolute atomic E-state index is 12.0. The number of esters is 1. The van der Waals surface area contributed by atoms with Crippen molar-refractivity contribution in [2.24, 2.45) is 11.0 Å². The third-order valence-corrected chi connectivity index (χ3v) is 5.64. The van der Waals surface area contributed by atoms with E-state index in [4.69, 9.17) is 14.6 Å². The van der Waals surface area contributed by atoms with Gasteiger partial charge >= 0.3 is 5.97 Å². The van der Waals surface area contributed by atoms with Crippen molar-refractivity contribution in [3.8, 4) is 5.75 Å². The van der Waals surface area contributed by atoms with E-state index < -0.39 is 0 Å². The van der Waals surface area contributed by atoms with E-state index >= 15 is 0 Å². The lowest BCUT2D eigenvalue weighted by Gasteiger charge is -2.31. The molecule has 0 unspecified atom stereocenters. The fourth-order valence-electron chi connectivity index (χ4n) is 4.33. The molecule has 1 aliphatic heterocycles. The molecule has 5 nitrogen and oxygen atoms in total. The van der Waals surface area contributed by atoms with Crippen molar-refractivity contribution in [2.75, 3.05) is 13.7 Å². The third-order valence-electron chi connectivity index (χ3n) is 5.64. The van der Waals surface area contributed by atoms with Gasteiger partial charge in [-0.15, -0.1) is 0 Å². The molecule has 5 heteroatoms. The molecule has 0 radical (unpaired) electrons. The number of nitrogens with zero attached hydrogens (tertiary/aromatic N) is 2. The highest BCUT2D eigenvalue weighted by Crippen LogP contribution is 2.45. The molecule has 0 fully saturated rings. The van der Waals surface area contributed by atoms with Crippen molar-refractivity contribution in [3.05, 3.63) is 77.0 Å². The van der Waals surface area contributed by atoms with Gasteiger partial charge in [0.1, 0.15) is 5.75 Å². The Hall–Kier alpha value is -3.08. The molecule has 2 aliphatic rings. The number of methoxy groups -OCH3 is 1. The van der Waals surface area contributed by atoms with Crippen LogP contribution in [0.15, 0.2) is 65.4 Å². The first kappa shape index (κ1) is 19.2.